The highest BCUT2D eigenvalue weighted by Crippen LogP contribution is 2.21. The maximum absolute atomic E-state index is 12.5. The fourth-order valence-corrected chi connectivity index (χ4v) is 3.92. The number of nitrogens with one attached hydrogen (secondary N) is 2. The second kappa shape index (κ2) is 14.7. The molecular weight excluding hydrogens is 496 g/mol. The van der Waals surface area contributed by atoms with E-state index in [1.807, 2.05) is 6.92 Å². The molecule has 1 unspecified atom stereocenters. The van der Waals surface area contributed by atoms with E-state index in [9.17, 15) is 13.2 Å². The minimum absolute atomic E-state index is 0. The molecule has 0 radical (unpaired) electrons. The van der Waals surface area contributed by atoms with Gasteiger partial charge in [0.1, 0.15) is 0 Å². The van der Waals surface area contributed by atoms with Gasteiger partial charge in [-0.1, -0.05) is 25.7 Å². The molecule has 2 fully saturated rings. The third kappa shape index (κ3) is 12.2. The average Bonchev–Trinajstić information content (AvgIpc) is 2.89. The summed E-state index contributed by atoms with van der Waals surface area (Å²) in [6, 6.07) is 0.0127. The van der Waals surface area contributed by atoms with E-state index in [-0.39, 0.29) is 30.0 Å². The van der Waals surface area contributed by atoms with Gasteiger partial charge in [0.15, 0.2) is 5.96 Å². The van der Waals surface area contributed by atoms with E-state index in [2.05, 4.69) is 15.6 Å². The maximum Gasteiger partial charge on any atom is 0.401 e. The van der Waals surface area contributed by atoms with Crippen molar-refractivity contribution in [1.82, 2.24) is 15.5 Å². The zero-order valence-corrected chi connectivity index (χ0v) is 19.9. The highest BCUT2D eigenvalue weighted by molar-refractivity contribution is 14.0. The molecule has 9 heteroatoms. The molecule has 1 heterocycles. The lowest BCUT2D eigenvalue weighted by atomic mass is 10.1. The number of nitrogens with zero attached hydrogens (tertiary/aromatic N) is 2. The number of ether oxygens (including phenoxy) is 1. The lowest BCUT2D eigenvalue weighted by molar-refractivity contribution is -0.143. The van der Waals surface area contributed by atoms with Gasteiger partial charge in [-0.25, -0.2) is 0 Å². The average molecular weight is 534 g/mol. The normalized spacial score (nSPS) is 22.2. The first-order valence-electron chi connectivity index (χ1n) is 10.9. The van der Waals surface area contributed by atoms with Gasteiger partial charge in [0.05, 0.1) is 12.6 Å². The summed E-state index contributed by atoms with van der Waals surface area (Å²) in [7, 11) is 0. The Morgan fingerprint density at radius 3 is 2.48 bits per heavy atom. The first-order chi connectivity index (χ1) is 13.5. The van der Waals surface area contributed by atoms with Crippen molar-refractivity contribution in [2.45, 2.75) is 83.0 Å². The first kappa shape index (κ1) is 26.7. The first-order valence-corrected chi connectivity index (χ1v) is 10.9. The zero-order chi connectivity index (χ0) is 20.2. The Balaban J connectivity index is 0.00000420. The number of unbranched alkanes of at least 4 members (excludes halogenated alkanes) is 1. The second-order valence-corrected chi connectivity index (χ2v) is 7.93. The molecule has 1 atom stereocenters. The van der Waals surface area contributed by atoms with Crippen molar-refractivity contribution in [3.05, 3.63) is 0 Å². The number of likely N-dealkylation sites (tertiary alicyclic amines) is 1. The fourth-order valence-electron chi connectivity index (χ4n) is 3.92. The van der Waals surface area contributed by atoms with Gasteiger partial charge in [0.2, 0.25) is 0 Å². The molecule has 29 heavy (non-hydrogen) atoms. The largest absolute Gasteiger partial charge is 0.401 e. The Kier molecular flexibility index (Phi) is 13.5. The quantitative estimate of drug-likeness (QED) is 0.152. The zero-order valence-electron chi connectivity index (χ0n) is 17.6. The van der Waals surface area contributed by atoms with Crippen LogP contribution < -0.4 is 10.6 Å². The summed E-state index contributed by atoms with van der Waals surface area (Å²) < 4.78 is 43.5. The molecule has 172 valence electrons. The van der Waals surface area contributed by atoms with Crippen molar-refractivity contribution >= 4 is 29.9 Å². The van der Waals surface area contributed by atoms with Gasteiger partial charge in [0, 0.05) is 38.8 Å². The third-order valence-electron chi connectivity index (χ3n) is 5.34. The van der Waals surface area contributed by atoms with Gasteiger partial charge < -0.3 is 15.4 Å². The molecule has 5 nitrogen and oxygen atoms in total. The summed E-state index contributed by atoms with van der Waals surface area (Å²) >= 11 is 0. The van der Waals surface area contributed by atoms with E-state index >= 15 is 0 Å². The Morgan fingerprint density at radius 1 is 1.10 bits per heavy atom. The van der Waals surface area contributed by atoms with Crippen LogP contribution in [0.25, 0.3) is 0 Å². The van der Waals surface area contributed by atoms with Gasteiger partial charge >= 0.3 is 6.18 Å². The van der Waals surface area contributed by atoms with Gasteiger partial charge in [-0.3, -0.25) is 9.89 Å². The number of halogens is 4. The minimum Gasteiger partial charge on any atom is -0.378 e. The van der Waals surface area contributed by atoms with Crippen molar-refractivity contribution < 1.29 is 17.9 Å². The molecule has 2 N–H and O–H groups in total. The number of hydrogen-bond acceptors (Lipinski definition) is 3. The molecule has 1 saturated heterocycles. The topological polar surface area (TPSA) is 48.9 Å². The van der Waals surface area contributed by atoms with Crippen LogP contribution >= 0.6 is 24.0 Å². The summed E-state index contributed by atoms with van der Waals surface area (Å²) in [5, 5.41) is 6.47. The Morgan fingerprint density at radius 2 is 1.83 bits per heavy atom. The molecule has 2 aliphatic rings. The van der Waals surface area contributed by atoms with Crippen molar-refractivity contribution in [3.63, 3.8) is 0 Å². The summed E-state index contributed by atoms with van der Waals surface area (Å²) in [6.45, 7) is 4.24. The number of hydrogen-bond donors (Lipinski definition) is 2. The molecule has 0 aromatic rings. The molecule has 0 aromatic heterocycles. The van der Waals surface area contributed by atoms with Crippen molar-refractivity contribution in [2.75, 3.05) is 39.3 Å². The second-order valence-electron chi connectivity index (χ2n) is 7.93. The SMILES string of the molecule is CCNC(=NCCCCOC1CCCCCC1)NC1CCN(CC(F)(F)F)C1.I. The van der Waals surface area contributed by atoms with Crippen LogP contribution in [0.1, 0.15) is 64.7 Å². The standard InChI is InChI=1S/C20H37F3N4O.HI/c1-2-24-19(26-17-11-13-27(15-17)16-20(21,22)23)25-12-7-8-14-28-18-9-5-3-4-6-10-18;/h17-18H,2-16H2,1H3,(H2,24,25,26);1H. The Bertz CT molecular complexity index is 457. The minimum atomic E-state index is -4.13. The molecule has 0 aromatic carbocycles. The maximum atomic E-state index is 12.5. The van der Waals surface area contributed by atoms with E-state index in [0.717, 1.165) is 26.0 Å². The fraction of sp³-hybridized carbons (Fsp3) is 0.950. The van der Waals surface area contributed by atoms with Crippen molar-refractivity contribution in [2.24, 2.45) is 4.99 Å². The van der Waals surface area contributed by atoms with Crippen LogP contribution in [0.4, 0.5) is 13.2 Å². The molecule has 1 saturated carbocycles. The van der Waals surface area contributed by atoms with Gasteiger partial charge in [-0.2, -0.15) is 13.2 Å². The van der Waals surface area contributed by atoms with Crippen LogP contribution in [-0.2, 0) is 4.74 Å². The molecule has 0 amide bonds. The van der Waals surface area contributed by atoms with E-state index < -0.39 is 12.7 Å². The predicted octanol–water partition coefficient (Wildman–Crippen LogP) is 4.32. The van der Waals surface area contributed by atoms with Gasteiger partial charge in [-0.15, -0.1) is 24.0 Å². The summed E-state index contributed by atoms with van der Waals surface area (Å²) in [4.78, 5) is 6.02. The molecular formula is C20H38F3IN4O. The summed E-state index contributed by atoms with van der Waals surface area (Å²) in [5.74, 6) is 0.700. The smallest absolute Gasteiger partial charge is 0.378 e. The van der Waals surface area contributed by atoms with E-state index in [4.69, 9.17) is 4.74 Å². The molecule has 0 spiro atoms. The highest BCUT2D eigenvalue weighted by atomic mass is 127. The Hall–Kier alpha value is -0.290. The van der Waals surface area contributed by atoms with Gasteiger partial charge in [-0.05, 0) is 39.0 Å². The Labute approximate surface area is 190 Å². The summed E-state index contributed by atoms with van der Waals surface area (Å²) in [5.41, 5.74) is 0. The van der Waals surface area contributed by atoms with Crippen LogP contribution in [0.5, 0.6) is 0 Å². The molecule has 2 rings (SSSR count). The predicted molar refractivity (Wildman–Crippen MR) is 122 cm³/mol. The third-order valence-corrected chi connectivity index (χ3v) is 5.34. The van der Waals surface area contributed by atoms with Crippen LogP contribution in [-0.4, -0.2) is 68.5 Å². The van der Waals surface area contributed by atoms with Crippen molar-refractivity contribution in [1.29, 1.82) is 0 Å². The van der Waals surface area contributed by atoms with Crippen LogP contribution in [0, 0.1) is 0 Å². The summed E-state index contributed by atoms with van der Waals surface area (Å²) in [6.07, 6.45) is 6.58. The van der Waals surface area contributed by atoms with E-state index in [1.165, 1.54) is 43.4 Å². The molecule has 0 bridgehead atoms. The number of aliphatic imine (C=N–C) groups is 1. The van der Waals surface area contributed by atoms with Crippen LogP contribution in [0.2, 0.25) is 0 Å². The monoisotopic (exact) mass is 534 g/mol. The van der Waals surface area contributed by atoms with Gasteiger partial charge in [0.25, 0.3) is 0 Å². The number of alkyl halides is 3. The molecule has 1 aliphatic heterocycles. The number of guanidine groups is 1. The number of rotatable bonds is 9. The van der Waals surface area contributed by atoms with E-state index in [0.29, 0.717) is 38.1 Å². The van der Waals surface area contributed by atoms with Crippen molar-refractivity contribution in [3.8, 4) is 0 Å². The van der Waals surface area contributed by atoms with E-state index in [1.54, 1.807) is 0 Å². The van der Waals surface area contributed by atoms with Crippen LogP contribution in [0.3, 0.4) is 0 Å². The molecule has 1 aliphatic carbocycles. The lowest BCUT2D eigenvalue weighted by Gasteiger charge is -2.19. The van der Waals surface area contributed by atoms with Crippen LogP contribution in [0.15, 0.2) is 4.99 Å². The lowest BCUT2D eigenvalue weighted by Crippen LogP contribution is -2.45. The highest BCUT2D eigenvalue weighted by Gasteiger charge is 2.34.